The summed E-state index contributed by atoms with van der Waals surface area (Å²) in [5, 5.41) is 12.2. The number of carbonyl (C=O) groups excluding carboxylic acids is 2. The van der Waals surface area contributed by atoms with Crippen molar-refractivity contribution in [1.29, 1.82) is 5.26 Å². The van der Waals surface area contributed by atoms with Crippen LogP contribution in [-0.4, -0.2) is 37.0 Å². The number of anilines is 1. The van der Waals surface area contributed by atoms with E-state index in [0.29, 0.717) is 35.1 Å². The number of nitrogens with one attached hydrogen (secondary N) is 1. The molecule has 0 atom stereocenters. The Morgan fingerprint density at radius 3 is 2.59 bits per heavy atom. The molecular weight excluding hydrogens is 429 g/mol. The van der Waals surface area contributed by atoms with E-state index in [0.717, 1.165) is 17.2 Å². The number of carbonyl (C=O) groups is 2. The molecule has 0 unspecified atom stereocenters. The zero-order valence-corrected chi connectivity index (χ0v) is 18.5. The van der Waals surface area contributed by atoms with Gasteiger partial charge in [-0.1, -0.05) is 18.2 Å². The van der Waals surface area contributed by atoms with Gasteiger partial charge in [0.05, 0.1) is 28.1 Å². The average Bonchev–Trinajstić information content (AvgIpc) is 3.16. The SMILES string of the molecule is COCCN(Cc1ccc(C#N)cc1)C(=O)c1sc(NC(=O)c2cccc(F)c2)cc1C. The van der Waals surface area contributed by atoms with E-state index in [1.54, 1.807) is 37.1 Å². The number of halogens is 1. The second-order valence-electron chi connectivity index (χ2n) is 7.12. The Kier molecular flexibility index (Phi) is 7.71. The van der Waals surface area contributed by atoms with Crippen molar-refractivity contribution < 1.29 is 18.7 Å². The maximum absolute atomic E-state index is 13.4. The van der Waals surface area contributed by atoms with Gasteiger partial charge in [0, 0.05) is 25.8 Å². The van der Waals surface area contributed by atoms with E-state index in [2.05, 4.69) is 11.4 Å². The molecule has 0 saturated heterocycles. The number of hydrogen-bond acceptors (Lipinski definition) is 5. The maximum Gasteiger partial charge on any atom is 0.264 e. The fraction of sp³-hybridized carbons (Fsp3) is 0.208. The van der Waals surface area contributed by atoms with Crippen LogP contribution in [0.3, 0.4) is 0 Å². The van der Waals surface area contributed by atoms with Crippen molar-refractivity contribution in [3.8, 4) is 6.07 Å². The van der Waals surface area contributed by atoms with E-state index in [4.69, 9.17) is 10.00 Å². The quantitative estimate of drug-likeness (QED) is 0.542. The Labute approximate surface area is 189 Å². The van der Waals surface area contributed by atoms with Gasteiger partial charge in [0.25, 0.3) is 11.8 Å². The lowest BCUT2D eigenvalue weighted by Gasteiger charge is -2.22. The summed E-state index contributed by atoms with van der Waals surface area (Å²) in [7, 11) is 1.57. The van der Waals surface area contributed by atoms with Gasteiger partial charge in [-0.25, -0.2) is 4.39 Å². The molecule has 164 valence electrons. The van der Waals surface area contributed by atoms with Crippen molar-refractivity contribution in [1.82, 2.24) is 4.90 Å². The first kappa shape index (κ1) is 23.1. The molecule has 0 spiro atoms. The van der Waals surface area contributed by atoms with Gasteiger partial charge < -0.3 is 15.0 Å². The van der Waals surface area contributed by atoms with Crippen LogP contribution in [0.1, 0.15) is 36.7 Å². The molecule has 0 aliphatic heterocycles. The molecule has 1 heterocycles. The molecule has 3 aromatic rings. The van der Waals surface area contributed by atoms with Gasteiger partial charge in [-0.2, -0.15) is 5.26 Å². The third kappa shape index (κ3) is 5.78. The van der Waals surface area contributed by atoms with Crippen LogP contribution in [0.25, 0.3) is 0 Å². The van der Waals surface area contributed by atoms with E-state index >= 15 is 0 Å². The molecule has 32 heavy (non-hydrogen) atoms. The summed E-state index contributed by atoms with van der Waals surface area (Å²) in [6.07, 6.45) is 0. The highest BCUT2D eigenvalue weighted by atomic mass is 32.1. The number of hydrogen-bond donors (Lipinski definition) is 1. The van der Waals surface area contributed by atoms with Gasteiger partial charge in [0.15, 0.2) is 0 Å². The number of methoxy groups -OCH3 is 1. The van der Waals surface area contributed by atoms with Crippen LogP contribution >= 0.6 is 11.3 Å². The first-order chi connectivity index (χ1) is 15.4. The minimum atomic E-state index is -0.493. The Balaban J connectivity index is 1.77. The van der Waals surface area contributed by atoms with Gasteiger partial charge in [-0.05, 0) is 54.4 Å². The summed E-state index contributed by atoms with van der Waals surface area (Å²) in [6, 6.07) is 16.3. The van der Waals surface area contributed by atoms with Crippen LogP contribution in [0, 0.1) is 24.1 Å². The summed E-state index contributed by atoms with van der Waals surface area (Å²) in [5.74, 6) is -1.12. The number of ether oxygens (including phenoxy) is 1. The third-order valence-corrected chi connectivity index (χ3v) is 5.89. The highest BCUT2D eigenvalue weighted by molar-refractivity contribution is 7.18. The molecule has 0 aliphatic carbocycles. The molecule has 3 rings (SSSR count). The molecule has 0 saturated carbocycles. The van der Waals surface area contributed by atoms with Crippen LogP contribution in [0.5, 0.6) is 0 Å². The first-order valence-corrected chi connectivity index (χ1v) is 10.7. The van der Waals surface area contributed by atoms with Gasteiger partial charge in [0.1, 0.15) is 5.82 Å². The van der Waals surface area contributed by atoms with Crippen LogP contribution < -0.4 is 5.32 Å². The predicted molar refractivity (Wildman–Crippen MR) is 121 cm³/mol. The number of thiophene rings is 1. The zero-order valence-electron chi connectivity index (χ0n) is 17.7. The lowest BCUT2D eigenvalue weighted by Crippen LogP contribution is -2.33. The molecule has 1 N–H and O–H groups in total. The molecule has 0 aliphatic rings. The highest BCUT2D eigenvalue weighted by Gasteiger charge is 2.21. The molecular formula is C24H22FN3O3S. The van der Waals surface area contributed by atoms with Gasteiger partial charge in [-0.3, -0.25) is 9.59 Å². The zero-order chi connectivity index (χ0) is 23.1. The number of benzene rings is 2. The van der Waals surface area contributed by atoms with Crippen LogP contribution in [0.15, 0.2) is 54.6 Å². The Bertz CT molecular complexity index is 1150. The smallest absolute Gasteiger partial charge is 0.264 e. The highest BCUT2D eigenvalue weighted by Crippen LogP contribution is 2.29. The number of rotatable bonds is 8. The molecule has 6 nitrogen and oxygen atoms in total. The lowest BCUT2D eigenvalue weighted by atomic mass is 10.1. The minimum absolute atomic E-state index is 0.180. The number of amides is 2. The van der Waals surface area contributed by atoms with Gasteiger partial charge in [0.2, 0.25) is 0 Å². The maximum atomic E-state index is 13.4. The van der Waals surface area contributed by atoms with Crippen LogP contribution in [0.2, 0.25) is 0 Å². The molecule has 0 fully saturated rings. The summed E-state index contributed by atoms with van der Waals surface area (Å²) in [5.41, 5.74) is 2.38. The molecule has 2 aromatic carbocycles. The topological polar surface area (TPSA) is 82.4 Å². The molecule has 0 bridgehead atoms. The number of nitriles is 1. The second-order valence-corrected chi connectivity index (χ2v) is 8.17. The predicted octanol–water partition coefficient (Wildman–Crippen LogP) is 4.61. The number of aryl methyl sites for hydroxylation is 1. The van der Waals surface area contributed by atoms with Crippen molar-refractivity contribution >= 4 is 28.2 Å². The van der Waals surface area contributed by atoms with E-state index in [1.807, 2.05) is 12.1 Å². The van der Waals surface area contributed by atoms with Crippen molar-refractivity contribution in [2.24, 2.45) is 0 Å². The van der Waals surface area contributed by atoms with Crippen LogP contribution in [-0.2, 0) is 11.3 Å². The molecule has 2 amide bonds. The Hall–Kier alpha value is -3.54. The molecule has 8 heteroatoms. The van der Waals surface area contributed by atoms with E-state index in [1.165, 1.54) is 29.5 Å². The van der Waals surface area contributed by atoms with E-state index in [-0.39, 0.29) is 11.5 Å². The normalized spacial score (nSPS) is 10.4. The fourth-order valence-corrected chi connectivity index (χ4v) is 4.11. The molecule has 0 radical (unpaired) electrons. The van der Waals surface area contributed by atoms with Crippen molar-refractivity contribution in [3.05, 3.63) is 87.5 Å². The Morgan fingerprint density at radius 1 is 1.19 bits per heavy atom. The molecule has 1 aromatic heterocycles. The van der Waals surface area contributed by atoms with E-state index in [9.17, 15) is 14.0 Å². The third-order valence-electron chi connectivity index (χ3n) is 4.74. The van der Waals surface area contributed by atoms with Gasteiger partial charge in [-0.15, -0.1) is 11.3 Å². The lowest BCUT2D eigenvalue weighted by molar-refractivity contribution is 0.0684. The van der Waals surface area contributed by atoms with Crippen molar-refractivity contribution in [3.63, 3.8) is 0 Å². The van der Waals surface area contributed by atoms with Crippen LogP contribution in [0.4, 0.5) is 9.39 Å². The van der Waals surface area contributed by atoms with Crippen molar-refractivity contribution in [2.45, 2.75) is 13.5 Å². The number of nitrogens with zero attached hydrogens (tertiary/aromatic N) is 2. The van der Waals surface area contributed by atoms with Crippen molar-refractivity contribution in [2.75, 3.05) is 25.6 Å². The summed E-state index contributed by atoms with van der Waals surface area (Å²) < 4.78 is 18.6. The summed E-state index contributed by atoms with van der Waals surface area (Å²) in [6.45, 7) is 2.92. The standard InChI is InChI=1S/C24H22FN3O3S/c1-16-12-21(27-23(29)19-4-3-5-20(25)13-19)32-22(16)24(30)28(10-11-31-2)15-18-8-6-17(14-26)7-9-18/h3-9,12-13H,10-11,15H2,1-2H3,(H,27,29). The second kappa shape index (κ2) is 10.7. The fourth-order valence-electron chi connectivity index (χ4n) is 3.07. The average molecular weight is 452 g/mol. The first-order valence-electron chi connectivity index (χ1n) is 9.86. The minimum Gasteiger partial charge on any atom is -0.383 e. The monoisotopic (exact) mass is 451 g/mol. The Morgan fingerprint density at radius 2 is 1.94 bits per heavy atom. The van der Waals surface area contributed by atoms with E-state index < -0.39 is 11.7 Å². The van der Waals surface area contributed by atoms with Gasteiger partial charge >= 0.3 is 0 Å². The summed E-state index contributed by atoms with van der Waals surface area (Å²) >= 11 is 1.17. The largest absolute Gasteiger partial charge is 0.383 e. The summed E-state index contributed by atoms with van der Waals surface area (Å²) in [4.78, 5) is 27.9.